The highest BCUT2D eigenvalue weighted by atomic mass is 35.5. The lowest BCUT2D eigenvalue weighted by molar-refractivity contribution is -0.782. The van der Waals surface area contributed by atoms with Gasteiger partial charge in [-0.2, -0.15) is 0 Å². The molecule has 26 heavy (non-hydrogen) atoms. The molecule has 0 saturated carbocycles. The zero-order valence-corrected chi connectivity index (χ0v) is 15.4. The van der Waals surface area contributed by atoms with E-state index in [4.69, 9.17) is 39.6 Å². The van der Waals surface area contributed by atoms with E-state index in [9.17, 15) is 10.1 Å². The second-order valence-electron chi connectivity index (χ2n) is 5.51. The first kappa shape index (κ1) is 18.5. The molecule has 0 radical (unpaired) electrons. The molecule has 0 aliphatic rings. The van der Waals surface area contributed by atoms with Crippen LogP contribution in [0.3, 0.4) is 0 Å². The predicted octanol–water partition coefficient (Wildman–Crippen LogP) is 5.00. The van der Waals surface area contributed by atoms with Crippen LogP contribution in [-0.2, 0) is 17.0 Å². The van der Waals surface area contributed by atoms with Gasteiger partial charge in [0.1, 0.15) is 0 Å². The molecule has 0 amide bonds. The van der Waals surface area contributed by atoms with Crippen molar-refractivity contribution in [2.24, 2.45) is 0 Å². The van der Waals surface area contributed by atoms with Crippen LogP contribution in [0.15, 0.2) is 61.2 Å². The molecule has 9 heteroatoms. The highest BCUT2D eigenvalue weighted by Crippen LogP contribution is 2.40. The van der Waals surface area contributed by atoms with E-state index in [-0.39, 0.29) is 11.6 Å². The van der Waals surface area contributed by atoms with E-state index < -0.39 is 10.7 Å². The van der Waals surface area contributed by atoms with Crippen LogP contribution in [0, 0.1) is 10.1 Å². The summed E-state index contributed by atoms with van der Waals surface area (Å²) in [7, 11) is 0. The molecule has 3 rings (SSSR count). The van der Waals surface area contributed by atoms with Gasteiger partial charge < -0.3 is 4.57 Å². The van der Waals surface area contributed by atoms with Gasteiger partial charge in [0, 0.05) is 33.0 Å². The van der Waals surface area contributed by atoms with Gasteiger partial charge in [-0.05, 0) is 29.8 Å². The predicted molar refractivity (Wildman–Crippen MR) is 99.0 cm³/mol. The van der Waals surface area contributed by atoms with Gasteiger partial charge >= 0.3 is 0 Å². The largest absolute Gasteiger partial charge is 0.334 e. The second-order valence-corrected chi connectivity index (χ2v) is 6.79. The van der Waals surface area contributed by atoms with Gasteiger partial charge in [0.25, 0.3) is 5.09 Å². The molecule has 1 aromatic heterocycles. The minimum atomic E-state index is -1.52. The molecule has 0 bridgehead atoms. The SMILES string of the molecule is O=[N+]([O-])OC(Cn1ccnc1)(c1ccc(Cl)cc1)c1ccc(Cl)cc1Cl. The average molecular weight is 413 g/mol. The number of rotatable bonds is 6. The van der Waals surface area contributed by atoms with Gasteiger partial charge in [0.2, 0.25) is 0 Å². The topological polar surface area (TPSA) is 70.2 Å². The Labute approximate surface area is 164 Å². The summed E-state index contributed by atoms with van der Waals surface area (Å²) >= 11 is 18.3. The van der Waals surface area contributed by atoms with Crippen LogP contribution in [0.25, 0.3) is 0 Å². The zero-order valence-electron chi connectivity index (χ0n) is 13.2. The maximum Gasteiger partial charge on any atom is 0.295 e. The summed E-state index contributed by atoms with van der Waals surface area (Å²) in [5.41, 5.74) is -0.607. The smallest absolute Gasteiger partial charge is 0.295 e. The molecule has 1 unspecified atom stereocenters. The first-order valence-electron chi connectivity index (χ1n) is 7.41. The van der Waals surface area contributed by atoms with Crippen molar-refractivity contribution in [1.29, 1.82) is 0 Å². The lowest BCUT2D eigenvalue weighted by Gasteiger charge is -2.33. The maximum absolute atomic E-state index is 11.4. The minimum absolute atomic E-state index is 0.0664. The van der Waals surface area contributed by atoms with Crippen LogP contribution < -0.4 is 0 Å². The molecule has 0 aliphatic carbocycles. The van der Waals surface area contributed by atoms with Crippen molar-refractivity contribution in [2.45, 2.75) is 12.1 Å². The molecular formula is C17H12Cl3N3O3. The zero-order chi connectivity index (χ0) is 18.7. The summed E-state index contributed by atoms with van der Waals surface area (Å²) in [6.07, 6.45) is 4.79. The van der Waals surface area contributed by atoms with Crippen molar-refractivity contribution in [1.82, 2.24) is 9.55 Å². The fraction of sp³-hybridized carbons (Fsp3) is 0.118. The van der Waals surface area contributed by atoms with Crippen molar-refractivity contribution < 1.29 is 9.92 Å². The molecule has 0 spiro atoms. The van der Waals surface area contributed by atoms with Crippen LogP contribution in [0.4, 0.5) is 0 Å². The third kappa shape index (κ3) is 3.77. The summed E-state index contributed by atoms with van der Waals surface area (Å²) in [5, 5.41) is 11.7. The lowest BCUT2D eigenvalue weighted by atomic mass is 9.86. The van der Waals surface area contributed by atoms with Crippen molar-refractivity contribution >= 4 is 34.8 Å². The van der Waals surface area contributed by atoms with Gasteiger partial charge in [-0.3, -0.25) is 4.84 Å². The third-order valence-corrected chi connectivity index (χ3v) is 4.67. The lowest BCUT2D eigenvalue weighted by Crippen LogP contribution is -2.38. The second kappa shape index (κ2) is 7.53. The number of aromatic nitrogens is 2. The Morgan fingerprint density at radius 1 is 1.12 bits per heavy atom. The first-order chi connectivity index (χ1) is 12.4. The van der Waals surface area contributed by atoms with E-state index >= 15 is 0 Å². The van der Waals surface area contributed by atoms with Crippen LogP contribution in [-0.4, -0.2) is 14.6 Å². The molecule has 3 aromatic rings. The molecule has 0 saturated heterocycles. The first-order valence-corrected chi connectivity index (χ1v) is 8.55. The fourth-order valence-corrected chi connectivity index (χ4v) is 3.45. The fourth-order valence-electron chi connectivity index (χ4n) is 2.76. The number of benzene rings is 2. The van der Waals surface area contributed by atoms with Crippen LogP contribution >= 0.6 is 34.8 Å². The van der Waals surface area contributed by atoms with Gasteiger partial charge in [-0.1, -0.05) is 53.0 Å². The normalized spacial score (nSPS) is 13.2. The summed E-state index contributed by atoms with van der Waals surface area (Å²) in [5.74, 6) is 0. The Bertz CT molecular complexity index is 917. The summed E-state index contributed by atoms with van der Waals surface area (Å²) in [6.45, 7) is 0.0664. The van der Waals surface area contributed by atoms with Crippen molar-refractivity contribution in [3.8, 4) is 0 Å². The molecule has 1 atom stereocenters. The Morgan fingerprint density at radius 3 is 2.38 bits per heavy atom. The summed E-state index contributed by atoms with van der Waals surface area (Å²) in [4.78, 5) is 20.6. The van der Waals surface area contributed by atoms with Gasteiger partial charge in [-0.15, -0.1) is 10.1 Å². The highest BCUT2D eigenvalue weighted by Gasteiger charge is 2.41. The van der Waals surface area contributed by atoms with Gasteiger partial charge in [0.15, 0.2) is 5.60 Å². The van der Waals surface area contributed by atoms with Gasteiger partial charge in [0.05, 0.1) is 12.9 Å². The molecule has 6 nitrogen and oxygen atoms in total. The van der Waals surface area contributed by atoms with Crippen LogP contribution in [0.2, 0.25) is 15.1 Å². The Kier molecular flexibility index (Phi) is 5.36. The quantitative estimate of drug-likeness (QED) is 0.422. The van der Waals surface area contributed by atoms with Crippen LogP contribution in [0.1, 0.15) is 11.1 Å². The van der Waals surface area contributed by atoms with E-state index in [0.29, 0.717) is 21.2 Å². The van der Waals surface area contributed by atoms with E-state index in [0.717, 1.165) is 0 Å². The molecule has 0 aliphatic heterocycles. The van der Waals surface area contributed by atoms with Crippen molar-refractivity contribution in [2.75, 3.05) is 0 Å². The van der Waals surface area contributed by atoms with E-state index in [1.54, 1.807) is 53.4 Å². The standard InChI is InChI=1S/C17H12Cl3N3O3/c18-13-3-1-12(2-4-13)17(26-23(24)25,10-22-8-7-21-11-22)15-6-5-14(19)9-16(15)20/h1-9,11H,10H2. The van der Waals surface area contributed by atoms with E-state index in [2.05, 4.69) is 4.98 Å². The van der Waals surface area contributed by atoms with Crippen LogP contribution in [0.5, 0.6) is 0 Å². The number of hydrogen-bond acceptors (Lipinski definition) is 4. The molecule has 134 valence electrons. The Morgan fingerprint density at radius 2 is 1.81 bits per heavy atom. The van der Waals surface area contributed by atoms with Crippen molar-refractivity contribution in [3.05, 3.63) is 97.5 Å². The number of nitrogens with zero attached hydrogens (tertiary/aromatic N) is 3. The number of imidazole rings is 1. The van der Waals surface area contributed by atoms with Crippen molar-refractivity contribution in [3.63, 3.8) is 0 Å². The monoisotopic (exact) mass is 411 g/mol. The third-order valence-electron chi connectivity index (χ3n) is 3.87. The van der Waals surface area contributed by atoms with E-state index in [1.807, 2.05) is 0 Å². The maximum atomic E-state index is 11.4. The average Bonchev–Trinajstić information content (AvgIpc) is 3.07. The number of halogens is 3. The summed E-state index contributed by atoms with van der Waals surface area (Å²) in [6, 6.07) is 11.3. The van der Waals surface area contributed by atoms with E-state index in [1.165, 1.54) is 12.4 Å². The Balaban J connectivity index is 2.25. The molecule has 2 aromatic carbocycles. The Hall–Kier alpha value is -2.28. The molecule has 0 fully saturated rings. The summed E-state index contributed by atoms with van der Waals surface area (Å²) < 4.78 is 1.67. The molecule has 1 heterocycles. The molecular weight excluding hydrogens is 401 g/mol. The molecule has 0 N–H and O–H groups in total. The number of hydrogen-bond donors (Lipinski definition) is 0. The van der Waals surface area contributed by atoms with Gasteiger partial charge in [-0.25, -0.2) is 4.98 Å². The minimum Gasteiger partial charge on any atom is -0.334 e. The highest BCUT2D eigenvalue weighted by molar-refractivity contribution is 6.35.